The van der Waals surface area contributed by atoms with Crippen LogP contribution >= 0.6 is 0 Å². The highest BCUT2D eigenvalue weighted by Gasteiger charge is 2.25. The van der Waals surface area contributed by atoms with Gasteiger partial charge in [0, 0.05) is 11.5 Å². The molecule has 4 aromatic rings. The minimum Gasteiger partial charge on any atom is -0.493 e. The van der Waals surface area contributed by atoms with Crippen LogP contribution < -0.4 is 14.8 Å². The fourth-order valence-corrected chi connectivity index (χ4v) is 3.36. The molecule has 0 aliphatic rings. The van der Waals surface area contributed by atoms with Crippen LogP contribution in [0, 0.1) is 17.0 Å². The first-order valence-corrected chi connectivity index (χ1v) is 9.55. The van der Waals surface area contributed by atoms with Crippen LogP contribution in [0.15, 0.2) is 54.7 Å². The quantitative estimate of drug-likeness (QED) is 0.361. The summed E-state index contributed by atoms with van der Waals surface area (Å²) in [4.78, 5) is 28.2. The lowest BCUT2D eigenvalue weighted by molar-refractivity contribution is -0.385. The van der Waals surface area contributed by atoms with Gasteiger partial charge in [0.05, 0.1) is 48.5 Å². The zero-order valence-electron chi connectivity index (χ0n) is 17.5. The molecule has 0 spiro atoms. The molecular weight excluding hydrogens is 414 g/mol. The summed E-state index contributed by atoms with van der Waals surface area (Å²) in [6, 6.07) is 13.7. The summed E-state index contributed by atoms with van der Waals surface area (Å²) in [7, 11) is 2.75. The Balaban J connectivity index is 1.71. The van der Waals surface area contributed by atoms with Crippen molar-refractivity contribution in [2.24, 2.45) is 0 Å². The molecule has 0 aliphatic heterocycles. The monoisotopic (exact) mass is 433 g/mol. The van der Waals surface area contributed by atoms with Crippen LogP contribution in [0.2, 0.25) is 0 Å². The van der Waals surface area contributed by atoms with E-state index in [1.54, 1.807) is 10.7 Å². The highest BCUT2D eigenvalue weighted by Crippen LogP contribution is 2.35. The van der Waals surface area contributed by atoms with E-state index in [-0.39, 0.29) is 17.1 Å². The van der Waals surface area contributed by atoms with Gasteiger partial charge in [-0.05, 0) is 25.1 Å². The number of nitro groups is 1. The molecule has 0 atom stereocenters. The molecule has 0 unspecified atom stereocenters. The first-order chi connectivity index (χ1) is 15.4. The molecule has 2 aromatic carbocycles. The van der Waals surface area contributed by atoms with Crippen molar-refractivity contribution < 1.29 is 19.2 Å². The van der Waals surface area contributed by atoms with Crippen molar-refractivity contribution in [2.45, 2.75) is 6.92 Å². The number of hydrogen-bond donors (Lipinski definition) is 1. The van der Waals surface area contributed by atoms with Gasteiger partial charge in [-0.1, -0.05) is 18.2 Å². The smallest absolute Gasteiger partial charge is 0.286 e. The van der Waals surface area contributed by atoms with Gasteiger partial charge >= 0.3 is 0 Å². The topological polar surface area (TPSA) is 121 Å². The Kier molecular flexibility index (Phi) is 5.42. The van der Waals surface area contributed by atoms with E-state index in [1.165, 1.54) is 26.5 Å². The van der Waals surface area contributed by atoms with Gasteiger partial charge in [-0.25, -0.2) is 9.67 Å². The lowest BCUT2D eigenvalue weighted by Crippen LogP contribution is -2.14. The summed E-state index contributed by atoms with van der Waals surface area (Å²) in [5.74, 6) is -0.313. The number of benzene rings is 2. The van der Waals surface area contributed by atoms with Gasteiger partial charge in [-0.3, -0.25) is 14.9 Å². The molecular formula is C22H19N5O5. The standard InChI is InChI=1S/C22H19N5O5/c1-13-16-9-14(12-23-21(16)26(25-13)15-7-5-4-6-8-15)24-22(28)17-10-19(31-2)20(32-3)11-18(17)27(29)30/h4-12H,1-3H3,(H,24,28). The second-order valence-electron chi connectivity index (χ2n) is 6.86. The first-order valence-electron chi connectivity index (χ1n) is 9.55. The van der Waals surface area contributed by atoms with E-state index in [9.17, 15) is 14.9 Å². The van der Waals surface area contributed by atoms with Crippen molar-refractivity contribution in [3.63, 3.8) is 0 Å². The average Bonchev–Trinajstić information content (AvgIpc) is 3.14. The van der Waals surface area contributed by atoms with Crippen molar-refractivity contribution in [1.82, 2.24) is 14.8 Å². The predicted molar refractivity (Wildman–Crippen MR) is 118 cm³/mol. The number of rotatable bonds is 6. The number of ether oxygens (including phenoxy) is 2. The maximum atomic E-state index is 12.9. The van der Waals surface area contributed by atoms with E-state index in [0.29, 0.717) is 11.3 Å². The molecule has 32 heavy (non-hydrogen) atoms. The molecule has 0 saturated heterocycles. The number of hydrogen-bond acceptors (Lipinski definition) is 7. The van der Waals surface area contributed by atoms with Gasteiger partial charge in [0.15, 0.2) is 17.1 Å². The Morgan fingerprint density at radius 2 is 1.78 bits per heavy atom. The van der Waals surface area contributed by atoms with Crippen molar-refractivity contribution in [1.29, 1.82) is 0 Å². The third-order valence-corrected chi connectivity index (χ3v) is 4.91. The SMILES string of the molecule is COc1cc(C(=O)Nc2cnc3c(c2)c(C)nn3-c2ccccc2)c([N+](=O)[O-])cc1OC. The Hall–Kier alpha value is -4.47. The Labute approximate surface area is 182 Å². The lowest BCUT2D eigenvalue weighted by atomic mass is 10.1. The zero-order valence-corrected chi connectivity index (χ0v) is 17.5. The van der Waals surface area contributed by atoms with Crippen molar-refractivity contribution in [3.05, 3.63) is 76.1 Å². The van der Waals surface area contributed by atoms with E-state index in [2.05, 4.69) is 15.4 Å². The van der Waals surface area contributed by atoms with Crippen LogP contribution in [0.25, 0.3) is 16.7 Å². The summed E-state index contributed by atoms with van der Waals surface area (Å²) in [5, 5.41) is 19.5. The van der Waals surface area contributed by atoms with Gasteiger partial charge in [0.1, 0.15) is 5.56 Å². The molecule has 0 saturated carbocycles. The number of carbonyl (C=O) groups excluding carboxylic acids is 1. The highest BCUT2D eigenvalue weighted by molar-refractivity contribution is 6.08. The second kappa shape index (κ2) is 8.34. The average molecular weight is 433 g/mol. The highest BCUT2D eigenvalue weighted by atomic mass is 16.6. The molecule has 2 aromatic heterocycles. The number of carbonyl (C=O) groups is 1. The number of nitrogens with one attached hydrogen (secondary N) is 1. The van der Waals surface area contributed by atoms with E-state index >= 15 is 0 Å². The molecule has 162 valence electrons. The molecule has 10 heteroatoms. The minimum absolute atomic E-state index is 0.155. The third kappa shape index (κ3) is 3.69. The second-order valence-corrected chi connectivity index (χ2v) is 6.86. The Morgan fingerprint density at radius 1 is 1.09 bits per heavy atom. The van der Waals surface area contributed by atoms with Crippen molar-refractivity contribution in [3.8, 4) is 17.2 Å². The van der Waals surface area contributed by atoms with Crippen molar-refractivity contribution in [2.75, 3.05) is 19.5 Å². The zero-order chi connectivity index (χ0) is 22.8. The maximum Gasteiger partial charge on any atom is 0.286 e. The van der Waals surface area contributed by atoms with Crippen LogP contribution in [0.1, 0.15) is 16.1 Å². The number of nitro benzene ring substituents is 1. The predicted octanol–water partition coefficient (Wildman–Crippen LogP) is 3.91. The fourth-order valence-electron chi connectivity index (χ4n) is 3.36. The van der Waals surface area contributed by atoms with E-state index in [0.717, 1.165) is 22.8 Å². The summed E-state index contributed by atoms with van der Waals surface area (Å²) in [5.41, 5.74) is 2.03. The van der Waals surface area contributed by atoms with Gasteiger partial charge in [-0.15, -0.1) is 0 Å². The molecule has 10 nitrogen and oxygen atoms in total. The summed E-state index contributed by atoms with van der Waals surface area (Å²) in [6.07, 6.45) is 1.48. The van der Waals surface area contributed by atoms with Crippen molar-refractivity contribution >= 4 is 28.3 Å². The minimum atomic E-state index is -0.674. The van der Waals surface area contributed by atoms with Gasteiger partial charge in [0.25, 0.3) is 11.6 Å². The summed E-state index contributed by atoms with van der Waals surface area (Å²) < 4.78 is 12.0. The largest absolute Gasteiger partial charge is 0.493 e. The van der Waals surface area contributed by atoms with Gasteiger partial charge in [-0.2, -0.15) is 5.10 Å². The molecule has 0 fully saturated rings. The number of fused-ring (bicyclic) bond motifs is 1. The first kappa shape index (κ1) is 20.8. The van der Waals surface area contributed by atoms with Crippen LogP contribution in [0.3, 0.4) is 0 Å². The maximum absolute atomic E-state index is 12.9. The molecule has 0 aliphatic carbocycles. The van der Waals surface area contributed by atoms with Gasteiger partial charge in [0.2, 0.25) is 0 Å². The Morgan fingerprint density at radius 3 is 2.44 bits per heavy atom. The van der Waals surface area contributed by atoms with E-state index in [1.807, 2.05) is 37.3 Å². The molecule has 2 heterocycles. The molecule has 1 N–H and O–H groups in total. The molecule has 1 amide bonds. The molecule has 0 radical (unpaired) electrons. The number of aromatic nitrogens is 3. The van der Waals surface area contributed by atoms with Crippen LogP contribution in [0.4, 0.5) is 11.4 Å². The number of anilines is 1. The van der Waals surface area contributed by atoms with E-state index in [4.69, 9.17) is 9.47 Å². The van der Waals surface area contributed by atoms with Crippen LogP contribution in [-0.2, 0) is 0 Å². The lowest BCUT2D eigenvalue weighted by Gasteiger charge is -2.11. The van der Waals surface area contributed by atoms with Crippen LogP contribution in [0.5, 0.6) is 11.5 Å². The van der Waals surface area contributed by atoms with Crippen LogP contribution in [-0.4, -0.2) is 39.8 Å². The molecule has 4 rings (SSSR count). The number of nitrogens with zero attached hydrogens (tertiary/aromatic N) is 4. The van der Waals surface area contributed by atoms with Gasteiger partial charge < -0.3 is 14.8 Å². The molecule has 0 bridgehead atoms. The summed E-state index contributed by atoms with van der Waals surface area (Å²) in [6.45, 7) is 1.84. The normalized spacial score (nSPS) is 10.7. The number of methoxy groups -OCH3 is 2. The summed E-state index contributed by atoms with van der Waals surface area (Å²) >= 11 is 0. The number of pyridine rings is 1. The fraction of sp³-hybridized carbons (Fsp3) is 0.136. The van der Waals surface area contributed by atoms with E-state index < -0.39 is 16.5 Å². The third-order valence-electron chi connectivity index (χ3n) is 4.91. The number of amides is 1. The number of para-hydroxylation sites is 1. The number of aryl methyl sites for hydroxylation is 1. The Bertz CT molecular complexity index is 1330.